The molecule has 14 rings (SSSR count). The highest BCUT2D eigenvalue weighted by Crippen LogP contribution is 2.51. The zero-order valence-corrected chi connectivity index (χ0v) is 31.3. The molecule has 0 aliphatic rings. The molecule has 0 aliphatic heterocycles. The van der Waals surface area contributed by atoms with Gasteiger partial charge in [-0.2, -0.15) is 0 Å². The molecule has 0 atom stereocenters. The van der Waals surface area contributed by atoms with E-state index in [-0.39, 0.29) is 0 Å². The molecule has 58 heavy (non-hydrogen) atoms. The van der Waals surface area contributed by atoms with Crippen LogP contribution < -0.4 is 4.90 Å². The van der Waals surface area contributed by atoms with Gasteiger partial charge in [-0.05, 0) is 72.8 Å². The van der Waals surface area contributed by atoms with Crippen LogP contribution in [-0.4, -0.2) is 13.4 Å². The van der Waals surface area contributed by atoms with Crippen LogP contribution in [0, 0.1) is 0 Å². The summed E-state index contributed by atoms with van der Waals surface area (Å²) in [5.74, 6) is 0. The van der Waals surface area contributed by atoms with E-state index in [9.17, 15) is 0 Å². The van der Waals surface area contributed by atoms with E-state index in [0.717, 1.165) is 22.7 Å². The van der Waals surface area contributed by atoms with Gasteiger partial charge in [0.1, 0.15) is 0 Å². The van der Waals surface area contributed by atoms with Crippen molar-refractivity contribution in [3.05, 3.63) is 194 Å². The number of fused-ring (bicyclic) bond motifs is 17. The van der Waals surface area contributed by atoms with Crippen molar-refractivity contribution in [2.24, 2.45) is 0 Å². The van der Waals surface area contributed by atoms with Crippen LogP contribution in [0.3, 0.4) is 0 Å². The molecule has 0 saturated carbocycles. The number of benzene rings is 9. The summed E-state index contributed by atoms with van der Waals surface area (Å²) >= 11 is 0. The third-order valence-corrected chi connectivity index (χ3v) is 12.8. The van der Waals surface area contributed by atoms with E-state index in [4.69, 9.17) is 0 Å². The number of hydrogen-bond acceptors (Lipinski definition) is 1. The Morgan fingerprint density at radius 2 is 0.862 bits per heavy atom. The summed E-state index contributed by atoms with van der Waals surface area (Å²) in [7, 11) is 0. The van der Waals surface area contributed by atoms with Gasteiger partial charge in [0.25, 0.3) is 0 Å². The lowest BCUT2D eigenvalue weighted by Gasteiger charge is -2.25. The maximum atomic E-state index is 2.61. The maximum Gasteiger partial charge on any atom is 0.0642 e. The zero-order chi connectivity index (χ0) is 37.6. The van der Waals surface area contributed by atoms with Crippen LogP contribution in [-0.2, 0) is 0 Å². The molecule has 0 bridgehead atoms. The number of para-hydroxylation sites is 6. The predicted molar refractivity (Wildman–Crippen MR) is 245 cm³/mol. The van der Waals surface area contributed by atoms with E-state index >= 15 is 0 Å². The van der Waals surface area contributed by atoms with Crippen molar-refractivity contribution in [3.8, 4) is 5.69 Å². The number of nitrogens with zero attached hydrogens (tertiary/aromatic N) is 4. The van der Waals surface area contributed by atoms with Crippen LogP contribution in [0.1, 0.15) is 0 Å². The van der Waals surface area contributed by atoms with Gasteiger partial charge in [0.2, 0.25) is 0 Å². The molecule has 5 heterocycles. The summed E-state index contributed by atoms with van der Waals surface area (Å²) in [6.45, 7) is 0. The van der Waals surface area contributed by atoms with Gasteiger partial charge in [0.05, 0.1) is 44.1 Å². The Morgan fingerprint density at radius 3 is 1.64 bits per heavy atom. The summed E-state index contributed by atoms with van der Waals surface area (Å²) in [4.78, 5) is 2.38. The second-order valence-electron chi connectivity index (χ2n) is 15.7. The fourth-order valence-corrected chi connectivity index (χ4v) is 10.6. The van der Waals surface area contributed by atoms with Gasteiger partial charge >= 0.3 is 0 Å². The topological polar surface area (TPSA) is 17.0 Å². The van der Waals surface area contributed by atoms with Gasteiger partial charge in [-0.1, -0.05) is 121 Å². The Hall–Kier alpha value is -7.82. The zero-order valence-electron chi connectivity index (χ0n) is 31.3. The van der Waals surface area contributed by atoms with Gasteiger partial charge in [0, 0.05) is 76.6 Å². The molecule has 0 aliphatic carbocycles. The fraction of sp³-hybridized carbons (Fsp3) is 0. The Balaban J connectivity index is 1.23. The minimum Gasteiger partial charge on any atom is -0.310 e. The quantitative estimate of drug-likeness (QED) is 0.176. The minimum absolute atomic E-state index is 1.12. The molecule has 0 fully saturated rings. The van der Waals surface area contributed by atoms with E-state index < -0.39 is 0 Å². The molecule has 268 valence electrons. The summed E-state index contributed by atoms with van der Waals surface area (Å²) in [5.41, 5.74) is 14.5. The highest BCUT2D eigenvalue weighted by atomic mass is 15.1. The first-order valence-corrected chi connectivity index (χ1v) is 20.0. The molecule has 0 radical (unpaired) electrons. The second-order valence-corrected chi connectivity index (χ2v) is 15.7. The molecular weight excluding hydrogens is 705 g/mol. The Morgan fingerprint density at radius 1 is 0.276 bits per heavy atom. The van der Waals surface area contributed by atoms with E-state index in [1.807, 2.05) is 0 Å². The third kappa shape index (κ3) is 3.70. The number of anilines is 3. The molecule has 0 unspecified atom stereocenters. The summed E-state index contributed by atoms with van der Waals surface area (Å²) in [6.07, 6.45) is 0. The SMILES string of the molecule is c1ccc(N(c2ccccc2)c2ccc3c4cc5c(c6cccc7c8ccccc8n5c76)c5c6ccc7c(c8ccccc8n7-c7ccccc7)c6n(c3c2)c45)cc1. The molecular formula is C54H32N4. The van der Waals surface area contributed by atoms with Gasteiger partial charge in [-0.25, -0.2) is 0 Å². The van der Waals surface area contributed by atoms with E-state index in [2.05, 4.69) is 212 Å². The van der Waals surface area contributed by atoms with Crippen LogP contribution in [0.25, 0.3) is 104 Å². The van der Waals surface area contributed by atoms with E-state index in [1.165, 1.54) is 98.0 Å². The molecule has 4 heteroatoms. The largest absolute Gasteiger partial charge is 0.310 e. The van der Waals surface area contributed by atoms with E-state index in [1.54, 1.807) is 0 Å². The smallest absolute Gasteiger partial charge is 0.0642 e. The van der Waals surface area contributed by atoms with Crippen LogP contribution in [0.4, 0.5) is 17.1 Å². The molecule has 0 saturated heterocycles. The van der Waals surface area contributed by atoms with Crippen LogP contribution in [0.5, 0.6) is 0 Å². The van der Waals surface area contributed by atoms with Crippen molar-refractivity contribution in [3.63, 3.8) is 0 Å². The highest BCUT2D eigenvalue weighted by molar-refractivity contribution is 6.40. The summed E-state index contributed by atoms with van der Waals surface area (Å²) in [5, 5.41) is 12.9. The third-order valence-electron chi connectivity index (χ3n) is 12.8. The van der Waals surface area contributed by atoms with Crippen molar-refractivity contribution < 1.29 is 0 Å². The molecule has 14 aromatic rings. The van der Waals surface area contributed by atoms with Gasteiger partial charge in [0.15, 0.2) is 0 Å². The lowest BCUT2D eigenvalue weighted by molar-refractivity contribution is 1.18. The Labute approximate surface area is 331 Å². The predicted octanol–water partition coefficient (Wildman–Crippen LogP) is 14.6. The first kappa shape index (κ1) is 30.4. The maximum absolute atomic E-state index is 2.61. The molecule has 0 N–H and O–H groups in total. The van der Waals surface area contributed by atoms with E-state index in [0.29, 0.717) is 0 Å². The lowest BCUT2D eigenvalue weighted by Crippen LogP contribution is -2.09. The van der Waals surface area contributed by atoms with Crippen molar-refractivity contribution in [2.75, 3.05) is 4.90 Å². The van der Waals surface area contributed by atoms with Crippen molar-refractivity contribution in [2.45, 2.75) is 0 Å². The highest BCUT2D eigenvalue weighted by Gasteiger charge is 2.28. The first-order valence-electron chi connectivity index (χ1n) is 20.0. The van der Waals surface area contributed by atoms with Crippen molar-refractivity contribution in [1.29, 1.82) is 0 Å². The first-order chi connectivity index (χ1) is 28.8. The fourth-order valence-electron chi connectivity index (χ4n) is 10.6. The number of aromatic nitrogens is 3. The number of hydrogen-bond donors (Lipinski definition) is 0. The molecule has 9 aromatic carbocycles. The van der Waals surface area contributed by atoms with Gasteiger partial charge < -0.3 is 18.3 Å². The Kier molecular flexibility index (Phi) is 5.73. The molecule has 4 nitrogen and oxygen atoms in total. The molecule has 5 aromatic heterocycles. The van der Waals surface area contributed by atoms with Gasteiger partial charge in [-0.15, -0.1) is 0 Å². The van der Waals surface area contributed by atoms with Crippen molar-refractivity contribution >= 4 is 115 Å². The monoisotopic (exact) mass is 736 g/mol. The summed E-state index contributed by atoms with van der Waals surface area (Å²) < 4.78 is 7.59. The average Bonchev–Trinajstić information content (AvgIpc) is 4.07. The van der Waals surface area contributed by atoms with Crippen LogP contribution in [0.2, 0.25) is 0 Å². The summed E-state index contributed by atoms with van der Waals surface area (Å²) in [6, 6.07) is 71.3. The van der Waals surface area contributed by atoms with Gasteiger partial charge in [-0.3, -0.25) is 0 Å². The minimum atomic E-state index is 1.12. The Bertz CT molecular complexity index is 3910. The van der Waals surface area contributed by atoms with Crippen LogP contribution >= 0.6 is 0 Å². The lowest BCUT2D eigenvalue weighted by atomic mass is 9.99. The molecule has 0 amide bonds. The standard InChI is InChI=1S/C54H32N4/c1-4-15-33(16-5-1)55(34-17-6-2-7-18-34)36-27-28-38-43-32-48-49(41-24-14-23-39-37-21-10-12-25-44(37)57(48)52(39)41)51-42-29-30-46-50(53(42)58(54(43)51)47(38)31-36)40-22-11-13-26-45(40)56(46)35-19-8-3-9-20-35/h1-32H. The average molecular weight is 737 g/mol. The normalized spacial score (nSPS) is 12.5. The second kappa shape index (κ2) is 10.9. The molecule has 0 spiro atoms. The van der Waals surface area contributed by atoms with Crippen LogP contribution in [0.15, 0.2) is 194 Å². The number of rotatable bonds is 4. The van der Waals surface area contributed by atoms with Crippen molar-refractivity contribution in [1.82, 2.24) is 13.4 Å².